The number of benzene rings is 2. The molecule has 2 aromatic rings. The molecule has 0 radical (unpaired) electrons. The maximum absolute atomic E-state index is 13.3. The molecule has 0 amide bonds. The molecular formula is C25H27NO5. The van der Waals surface area contributed by atoms with Gasteiger partial charge >= 0.3 is 5.97 Å². The summed E-state index contributed by atoms with van der Waals surface area (Å²) in [5, 5.41) is 1.77. The summed E-state index contributed by atoms with van der Waals surface area (Å²) < 4.78 is 16.7. The highest BCUT2D eigenvalue weighted by atomic mass is 16.5. The van der Waals surface area contributed by atoms with Crippen molar-refractivity contribution in [1.29, 1.82) is 0 Å². The predicted octanol–water partition coefficient (Wildman–Crippen LogP) is 4.34. The summed E-state index contributed by atoms with van der Waals surface area (Å²) in [6.45, 7) is 5.97. The van der Waals surface area contributed by atoms with E-state index in [9.17, 15) is 9.59 Å². The quantitative estimate of drug-likeness (QED) is 0.739. The monoisotopic (exact) mass is 421 g/mol. The maximum Gasteiger partial charge on any atom is 0.340 e. The van der Waals surface area contributed by atoms with Crippen molar-refractivity contribution in [2.45, 2.75) is 39.5 Å². The number of ether oxygens (including phenoxy) is 3. The Morgan fingerprint density at radius 3 is 2.55 bits per heavy atom. The zero-order chi connectivity index (χ0) is 22.3. The number of methoxy groups -OCH3 is 1. The molecule has 0 saturated carbocycles. The van der Waals surface area contributed by atoms with E-state index in [0.717, 1.165) is 16.3 Å². The SMILES string of the molecule is CCOC(=O)C1=C(N)OC2=C(C(=O)CC(C)(C)C2)[C@H]1c1ccc(OC)c2ccccc12. The average molecular weight is 421 g/mol. The molecule has 31 heavy (non-hydrogen) atoms. The first-order valence-electron chi connectivity index (χ1n) is 10.4. The molecule has 1 aliphatic heterocycles. The summed E-state index contributed by atoms with van der Waals surface area (Å²) >= 11 is 0. The second kappa shape index (κ2) is 7.76. The van der Waals surface area contributed by atoms with Gasteiger partial charge in [0.1, 0.15) is 17.1 Å². The van der Waals surface area contributed by atoms with Crippen LogP contribution in [0, 0.1) is 5.41 Å². The van der Waals surface area contributed by atoms with Crippen LogP contribution in [0.15, 0.2) is 59.2 Å². The van der Waals surface area contributed by atoms with Gasteiger partial charge in [0.05, 0.1) is 19.6 Å². The fourth-order valence-corrected chi connectivity index (χ4v) is 4.63. The molecule has 2 aromatic carbocycles. The van der Waals surface area contributed by atoms with Crippen LogP contribution in [-0.4, -0.2) is 25.5 Å². The topological polar surface area (TPSA) is 87.9 Å². The lowest BCUT2D eigenvalue weighted by atomic mass is 9.69. The van der Waals surface area contributed by atoms with Crippen LogP contribution in [0.2, 0.25) is 0 Å². The molecule has 4 rings (SSSR count). The molecule has 0 unspecified atom stereocenters. The third-order valence-corrected chi connectivity index (χ3v) is 5.90. The minimum atomic E-state index is -0.665. The van der Waals surface area contributed by atoms with Crippen molar-refractivity contribution < 1.29 is 23.8 Å². The standard InChI is InChI=1S/C25H27NO5/c1-5-30-24(28)22-20(16-10-11-18(29-4)15-9-7-6-8-14(15)16)21-17(27)12-25(2,3)13-19(21)31-23(22)26/h6-11,20H,5,12-13,26H2,1-4H3/t20-/m1/s1. The molecule has 2 N–H and O–H groups in total. The lowest BCUT2D eigenvalue weighted by Crippen LogP contribution is -2.35. The van der Waals surface area contributed by atoms with Gasteiger partial charge in [-0.1, -0.05) is 44.2 Å². The van der Waals surface area contributed by atoms with Gasteiger partial charge in [0.25, 0.3) is 0 Å². The third kappa shape index (κ3) is 3.56. The summed E-state index contributed by atoms with van der Waals surface area (Å²) in [6.07, 6.45) is 0.936. The lowest BCUT2D eigenvalue weighted by molar-refractivity contribution is -0.139. The Hall–Kier alpha value is -3.28. The lowest BCUT2D eigenvalue weighted by Gasteiger charge is -2.38. The van der Waals surface area contributed by atoms with Gasteiger partial charge < -0.3 is 19.9 Å². The van der Waals surface area contributed by atoms with E-state index in [-0.39, 0.29) is 29.3 Å². The van der Waals surface area contributed by atoms with Crippen molar-refractivity contribution in [3.63, 3.8) is 0 Å². The molecule has 0 saturated heterocycles. The van der Waals surface area contributed by atoms with Gasteiger partial charge in [0.15, 0.2) is 5.78 Å². The van der Waals surface area contributed by atoms with Crippen molar-refractivity contribution in [3.05, 3.63) is 64.8 Å². The third-order valence-electron chi connectivity index (χ3n) is 5.90. The summed E-state index contributed by atoms with van der Waals surface area (Å²) in [5.41, 5.74) is 7.48. The Balaban J connectivity index is 2.00. The summed E-state index contributed by atoms with van der Waals surface area (Å²) in [6, 6.07) is 11.5. The van der Waals surface area contributed by atoms with Crippen LogP contribution >= 0.6 is 0 Å². The first-order valence-corrected chi connectivity index (χ1v) is 10.4. The Morgan fingerprint density at radius 2 is 1.87 bits per heavy atom. The molecule has 162 valence electrons. The summed E-state index contributed by atoms with van der Waals surface area (Å²) in [7, 11) is 1.62. The van der Waals surface area contributed by atoms with Crippen LogP contribution in [0.5, 0.6) is 5.75 Å². The van der Waals surface area contributed by atoms with Gasteiger partial charge in [-0.3, -0.25) is 4.79 Å². The number of esters is 1. The molecule has 0 aromatic heterocycles. The molecule has 0 spiro atoms. The minimum absolute atomic E-state index is 0.00685. The van der Waals surface area contributed by atoms with Crippen LogP contribution in [0.1, 0.15) is 45.1 Å². The highest BCUT2D eigenvalue weighted by molar-refractivity contribution is 6.05. The van der Waals surface area contributed by atoms with Crippen molar-refractivity contribution in [3.8, 4) is 5.75 Å². The van der Waals surface area contributed by atoms with Crippen molar-refractivity contribution in [2.24, 2.45) is 11.1 Å². The van der Waals surface area contributed by atoms with Gasteiger partial charge in [-0.05, 0) is 29.4 Å². The van der Waals surface area contributed by atoms with Crippen LogP contribution in [0.3, 0.4) is 0 Å². The molecule has 6 nitrogen and oxygen atoms in total. The van der Waals surface area contributed by atoms with E-state index >= 15 is 0 Å². The van der Waals surface area contributed by atoms with E-state index in [1.807, 2.05) is 50.2 Å². The van der Waals surface area contributed by atoms with E-state index in [1.165, 1.54) is 0 Å². The van der Waals surface area contributed by atoms with E-state index in [2.05, 4.69) is 0 Å². The molecule has 1 aliphatic carbocycles. The second-order valence-corrected chi connectivity index (χ2v) is 8.71. The fourth-order valence-electron chi connectivity index (χ4n) is 4.63. The maximum atomic E-state index is 13.3. The van der Waals surface area contributed by atoms with E-state index in [0.29, 0.717) is 29.9 Å². The number of rotatable bonds is 4. The highest BCUT2D eigenvalue weighted by Crippen LogP contribution is 2.50. The number of nitrogens with two attached hydrogens (primary N) is 1. The Morgan fingerprint density at radius 1 is 1.16 bits per heavy atom. The van der Waals surface area contributed by atoms with Crippen LogP contribution in [0.25, 0.3) is 10.8 Å². The molecule has 6 heteroatoms. The largest absolute Gasteiger partial charge is 0.496 e. The normalized spacial score (nSPS) is 20.4. The molecule has 0 fully saturated rings. The smallest absolute Gasteiger partial charge is 0.340 e. The number of carbonyl (C=O) groups is 2. The average Bonchev–Trinajstić information content (AvgIpc) is 2.71. The first kappa shape index (κ1) is 21.0. The Kier molecular flexibility index (Phi) is 5.25. The summed E-state index contributed by atoms with van der Waals surface area (Å²) in [4.78, 5) is 26.3. The number of hydrogen-bond acceptors (Lipinski definition) is 6. The fraction of sp³-hybridized carbons (Fsp3) is 0.360. The van der Waals surface area contributed by atoms with Crippen LogP contribution in [0.4, 0.5) is 0 Å². The molecule has 2 aliphatic rings. The number of ketones is 1. The number of hydrogen-bond donors (Lipinski definition) is 1. The van der Waals surface area contributed by atoms with E-state index in [1.54, 1.807) is 14.0 Å². The van der Waals surface area contributed by atoms with Gasteiger partial charge in [-0.15, -0.1) is 0 Å². The summed E-state index contributed by atoms with van der Waals surface area (Å²) in [5.74, 6) is -0.0302. The van der Waals surface area contributed by atoms with E-state index < -0.39 is 11.9 Å². The van der Waals surface area contributed by atoms with Gasteiger partial charge in [0, 0.05) is 23.8 Å². The minimum Gasteiger partial charge on any atom is -0.496 e. The van der Waals surface area contributed by atoms with E-state index in [4.69, 9.17) is 19.9 Å². The zero-order valence-electron chi connectivity index (χ0n) is 18.3. The number of carbonyl (C=O) groups excluding carboxylic acids is 2. The number of allylic oxidation sites excluding steroid dienone is 2. The molecule has 1 heterocycles. The van der Waals surface area contributed by atoms with Crippen LogP contribution in [-0.2, 0) is 19.1 Å². The zero-order valence-corrected chi connectivity index (χ0v) is 18.3. The van der Waals surface area contributed by atoms with Gasteiger partial charge in [-0.25, -0.2) is 4.79 Å². The molecule has 0 bridgehead atoms. The highest BCUT2D eigenvalue weighted by Gasteiger charge is 2.45. The van der Waals surface area contributed by atoms with Crippen molar-refractivity contribution >= 4 is 22.5 Å². The second-order valence-electron chi connectivity index (χ2n) is 8.71. The van der Waals surface area contributed by atoms with Crippen molar-refractivity contribution in [1.82, 2.24) is 0 Å². The number of Topliss-reactive ketones (excluding diaryl/α,β-unsaturated/α-hetero) is 1. The predicted molar refractivity (Wildman–Crippen MR) is 117 cm³/mol. The van der Waals surface area contributed by atoms with Crippen LogP contribution < -0.4 is 10.5 Å². The number of fused-ring (bicyclic) bond motifs is 1. The molecule has 1 atom stereocenters. The Labute approximate surface area is 181 Å². The van der Waals surface area contributed by atoms with Crippen molar-refractivity contribution in [2.75, 3.05) is 13.7 Å². The Bertz CT molecular complexity index is 1140. The van der Waals surface area contributed by atoms with Gasteiger partial charge in [0.2, 0.25) is 5.88 Å². The molecular weight excluding hydrogens is 394 g/mol. The van der Waals surface area contributed by atoms with Gasteiger partial charge in [-0.2, -0.15) is 0 Å². The first-order chi connectivity index (χ1) is 14.8.